The minimum absolute atomic E-state index is 0.216. The lowest BCUT2D eigenvalue weighted by atomic mass is 10.1. The van der Waals surface area contributed by atoms with E-state index in [1.165, 1.54) is 6.07 Å². The first-order chi connectivity index (χ1) is 13.4. The number of hydrogen-bond acceptors (Lipinski definition) is 4. The van der Waals surface area contributed by atoms with Gasteiger partial charge in [-0.3, -0.25) is 9.52 Å². The van der Waals surface area contributed by atoms with Crippen LogP contribution in [0.15, 0.2) is 72.9 Å². The van der Waals surface area contributed by atoms with Gasteiger partial charge in [-0.05, 0) is 48.4 Å². The first-order valence-electron chi connectivity index (χ1n) is 8.32. The lowest BCUT2D eigenvalue weighted by molar-refractivity contribution is 0.102. The van der Waals surface area contributed by atoms with Crippen LogP contribution in [0.1, 0.15) is 21.6 Å². The summed E-state index contributed by atoms with van der Waals surface area (Å²) in [5.41, 5.74) is 2.35. The molecule has 0 unspecified atom stereocenters. The van der Waals surface area contributed by atoms with Gasteiger partial charge in [0.2, 0.25) is 10.0 Å². The minimum atomic E-state index is -3.50. The average Bonchev–Trinajstić information content (AvgIpc) is 2.67. The molecule has 0 spiro atoms. The molecule has 0 fully saturated rings. The predicted molar refractivity (Wildman–Crippen MR) is 110 cm³/mol. The van der Waals surface area contributed by atoms with Crippen molar-refractivity contribution in [2.45, 2.75) is 0 Å². The summed E-state index contributed by atoms with van der Waals surface area (Å²) in [5.74, 6) is 5.53. The number of carbonyl (C=O) groups excluding carboxylic acids is 1. The molecule has 28 heavy (non-hydrogen) atoms. The summed E-state index contributed by atoms with van der Waals surface area (Å²) in [6.45, 7) is 0. The summed E-state index contributed by atoms with van der Waals surface area (Å²) >= 11 is 0. The van der Waals surface area contributed by atoms with E-state index in [4.69, 9.17) is 0 Å². The molecule has 2 aromatic carbocycles. The molecule has 1 aromatic heterocycles. The van der Waals surface area contributed by atoms with Crippen molar-refractivity contribution < 1.29 is 13.2 Å². The van der Waals surface area contributed by atoms with Crippen LogP contribution in [0, 0.1) is 11.8 Å². The van der Waals surface area contributed by atoms with Gasteiger partial charge >= 0.3 is 0 Å². The second-order valence-corrected chi connectivity index (χ2v) is 7.67. The highest BCUT2D eigenvalue weighted by atomic mass is 32.2. The number of hydrogen-bond donors (Lipinski definition) is 2. The van der Waals surface area contributed by atoms with Crippen molar-refractivity contribution in [2.24, 2.45) is 0 Å². The Balaban J connectivity index is 1.80. The van der Waals surface area contributed by atoms with Gasteiger partial charge in [0.25, 0.3) is 5.91 Å². The van der Waals surface area contributed by atoms with E-state index in [0.29, 0.717) is 16.9 Å². The van der Waals surface area contributed by atoms with Crippen LogP contribution >= 0.6 is 0 Å². The largest absolute Gasteiger partial charge is 0.322 e. The number of amides is 1. The highest BCUT2D eigenvalue weighted by Gasteiger charge is 2.13. The van der Waals surface area contributed by atoms with E-state index in [2.05, 4.69) is 26.9 Å². The van der Waals surface area contributed by atoms with Crippen LogP contribution in [0.5, 0.6) is 0 Å². The van der Waals surface area contributed by atoms with Crippen molar-refractivity contribution in [1.82, 2.24) is 4.98 Å². The highest BCUT2D eigenvalue weighted by molar-refractivity contribution is 7.92. The molecule has 1 amide bonds. The van der Waals surface area contributed by atoms with Gasteiger partial charge in [-0.15, -0.1) is 0 Å². The number of nitrogens with zero attached hydrogens (tertiary/aromatic N) is 1. The molecule has 1 heterocycles. The Bertz CT molecular complexity index is 1160. The monoisotopic (exact) mass is 391 g/mol. The Hall–Kier alpha value is -3.63. The number of sulfonamides is 1. The molecule has 0 saturated heterocycles. The summed E-state index contributed by atoms with van der Waals surface area (Å²) in [6, 6.07) is 19.0. The Kier molecular flexibility index (Phi) is 5.72. The molecular weight excluding hydrogens is 374 g/mol. The summed E-state index contributed by atoms with van der Waals surface area (Å²) in [5, 5.41) is 2.77. The lowest BCUT2D eigenvalue weighted by Gasteiger charge is -2.11. The van der Waals surface area contributed by atoms with Crippen molar-refractivity contribution in [1.29, 1.82) is 0 Å². The number of para-hydroxylation sites is 1. The minimum Gasteiger partial charge on any atom is -0.322 e. The maximum atomic E-state index is 12.6. The van der Waals surface area contributed by atoms with E-state index < -0.39 is 15.9 Å². The molecule has 0 aliphatic rings. The zero-order valence-electron chi connectivity index (χ0n) is 15.0. The van der Waals surface area contributed by atoms with Crippen LogP contribution in [0.2, 0.25) is 0 Å². The summed E-state index contributed by atoms with van der Waals surface area (Å²) in [6.07, 6.45) is 2.70. The van der Waals surface area contributed by atoms with Gasteiger partial charge in [-0.2, -0.15) is 0 Å². The Labute approximate surface area is 163 Å². The highest BCUT2D eigenvalue weighted by Crippen LogP contribution is 2.19. The molecule has 2 N–H and O–H groups in total. The van der Waals surface area contributed by atoms with E-state index in [9.17, 15) is 13.2 Å². The summed E-state index contributed by atoms with van der Waals surface area (Å²) in [4.78, 5) is 16.8. The standard InChI is InChI=1S/C21H17N3O3S/c1-28(26,27)24-20-11-3-2-10-19(20)21(25)23-18-9-6-7-16(15-18)12-13-17-8-4-5-14-22-17/h2-11,14-15,24H,1H3,(H,23,25). The third-order valence-electron chi connectivity index (χ3n) is 3.59. The number of pyridine rings is 1. The van der Waals surface area contributed by atoms with Crippen LogP contribution in [0.4, 0.5) is 11.4 Å². The van der Waals surface area contributed by atoms with E-state index in [0.717, 1.165) is 6.26 Å². The first kappa shape index (κ1) is 19.1. The summed E-state index contributed by atoms with van der Waals surface area (Å²) in [7, 11) is -3.50. The molecule has 6 nitrogen and oxygen atoms in total. The number of aromatic nitrogens is 1. The molecule has 0 atom stereocenters. The normalized spacial score (nSPS) is 10.5. The van der Waals surface area contributed by atoms with Crippen molar-refractivity contribution in [3.63, 3.8) is 0 Å². The Morgan fingerprint density at radius 1 is 0.964 bits per heavy atom. The van der Waals surface area contributed by atoms with E-state index >= 15 is 0 Å². The maximum Gasteiger partial charge on any atom is 0.257 e. The molecule has 0 saturated carbocycles. The zero-order chi connectivity index (χ0) is 20.0. The number of nitrogens with one attached hydrogen (secondary N) is 2. The van der Waals surface area contributed by atoms with E-state index in [1.807, 2.05) is 24.3 Å². The van der Waals surface area contributed by atoms with Gasteiger partial charge in [0.15, 0.2) is 0 Å². The van der Waals surface area contributed by atoms with E-state index in [1.54, 1.807) is 42.6 Å². The fourth-order valence-corrected chi connectivity index (χ4v) is 2.99. The molecule has 0 aliphatic carbocycles. The average molecular weight is 391 g/mol. The van der Waals surface area contributed by atoms with Crippen molar-refractivity contribution in [3.8, 4) is 11.8 Å². The lowest BCUT2D eigenvalue weighted by Crippen LogP contribution is -2.17. The number of anilines is 2. The Morgan fingerprint density at radius 3 is 2.50 bits per heavy atom. The summed E-state index contributed by atoms with van der Waals surface area (Å²) < 4.78 is 25.4. The zero-order valence-corrected chi connectivity index (χ0v) is 15.8. The topological polar surface area (TPSA) is 88.2 Å². The molecule has 3 aromatic rings. The van der Waals surface area contributed by atoms with Crippen LogP contribution in [-0.4, -0.2) is 25.6 Å². The third-order valence-corrected chi connectivity index (χ3v) is 4.18. The first-order valence-corrected chi connectivity index (χ1v) is 10.2. The van der Waals surface area contributed by atoms with Crippen molar-refractivity contribution >= 4 is 27.3 Å². The molecule has 140 valence electrons. The number of rotatable bonds is 4. The van der Waals surface area contributed by atoms with Gasteiger partial charge in [0, 0.05) is 17.4 Å². The van der Waals surface area contributed by atoms with Crippen LogP contribution in [-0.2, 0) is 10.0 Å². The van der Waals surface area contributed by atoms with Crippen LogP contribution in [0.25, 0.3) is 0 Å². The van der Waals surface area contributed by atoms with Gasteiger partial charge in [-0.25, -0.2) is 13.4 Å². The van der Waals surface area contributed by atoms with Gasteiger partial charge in [0.1, 0.15) is 5.69 Å². The van der Waals surface area contributed by atoms with Crippen molar-refractivity contribution in [2.75, 3.05) is 16.3 Å². The van der Waals surface area contributed by atoms with Gasteiger partial charge in [-0.1, -0.05) is 30.2 Å². The van der Waals surface area contributed by atoms with Crippen LogP contribution < -0.4 is 10.0 Å². The van der Waals surface area contributed by atoms with E-state index in [-0.39, 0.29) is 11.3 Å². The fraction of sp³-hybridized carbons (Fsp3) is 0.0476. The number of carbonyl (C=O) groups is 1. The van der Waals surface area contributed by atoms with Crippen molar-refractivity contribution in [3.05, 3.63) is 89.7 Å². The molecule has 3 rings (SSSR count). The molecule has 7 heteroatoms. The van der Waals surface area contributed by atoms with Gasteiger partial charge in [0.05, 0.1) is 17.5 Å². The third kappa shape index (κ3) is 5.43. The SMILES string of the molecule is CS(=O)(=O)Nc1ccccc1C(=O)Nc1cccc(C#Cc2ccccn2)c1. The predicted octanol–water partition coefficient (Wildman–Crippen LogP) is 3.11. The number of benzene rings is 2. The quantitative estimate of drug-likeness (QED) is 0.669. The molecule has 0 aliphatic heterocycles. The fourth-order valence-electron chi connectivity index (χ4n) is 2.42. The second kappa shape index (κ2) is 8.37. The van der Waals surface area contributed by atoms with Gasteiger partial charge < -0.3 is 5.32 Å². The molecule has 0 radical (unpaired) electrons. The molecule has 0 bridgehead atoms. The smallest absolute Gasteiger partial charge is 0.257 e. The van der Waals surface area contributed by atoms with Crippen LogP contribution in [0.3, 0.4) is 0 Å². The Morgan fingerprint density at radius 2 is 1.75 bits per heavy atom. The second-order valence-electron chi connectivity index (χ2n) is 5.92. The molecular formula is C21H17N3O3S. The maximum absolute atomic E-state index is 12.6.